The molecule has 0 spiro atoms. The van der Waals surface area contributed by atoms with Gasteiger partial charge in [0.05, 0.1) is 5.69 Å². The Kier molecular flexibility index (Phi) is 6.50. The van der Waals surface area contributed by atoms with E-state index in [4.69, 9.17) is 10.5 Å². The third-order valence-electron chi connectivity index (χ3n) is 5.40. The summed E-state index contributed by atoms with van der Waals surface area (Å²) in [5, 5.41) is 5.69. The summed E-state index contributed by atoms with van der Waals surface area (Å²) in [7, 11) is 0. The Morgan fingerprint density at radius 2 is 1.82 bits per heavy atom. The first-order valence-electron chi connectivity index (χ1n) is 10.3. The summed E-state index contributed by atoms with van der Waals surface area (Å²) in [5.74, 6) is 0.347. The highest BCUT2D eigenvalue weighted by atomic mass is 32.2. The molecule has 3 aromatic rings. The predicted molar refractivity (Wildman–Crippen MR) is 130 cm³/mol. The maximum atomic E-state index is 13.6. The van der Waals surface area contributed by atoms with Crippen LogP contribution in [0.25, 0.3) is 0 Å². The first kappa shape index (κ1) is 22.1. The molecule has 1 saturated heterocycles. The van der Waals surface area contributed by atoms with Crippen molar-refractivity contribution in [2.75, 3.05) is 5.75 Å². The molecule has 168 valence electrons. The van der Waals surface area contributed by atoms with Crippen LogP contribution >= 0.6 is 35.1 Å². The average Bonchev–Trinajstić information content (AvgIpc) is 3.39. The van der Waals surface area contributed by atoms with E-state index in [2.05, 4.69) is 9.59 Å². The molecule has 0 aliphatic carbocycles. The summed E-state index contributed by atoms with van der Waals surface area (Å²) in [6, 6.07) is 18.6. The molecule has 33 heavy (non-hydrogen) atoms. The lowest BCUT2D eigenvalue weighted by Gasteiger charge is -2.48. The zero-order chi connectivity index (χ0) is 22.8. The molecule has 1 amide bonds. The number of β-lactam (4-membered cyclic amide) rings is 1. The van der Waals surface area contributed by atoms with Gasteiger partial charge in [0.1, 0.15) is 17.1 Å². The molecule has 2 aliphatic heterocycles. The Bertz CT molecular complexity index is 1130. The van der Waals surface area contributed by atoms with Crippen LogP contribution in [0.4, 0.5) is 0 Å². The number of fused-ring (bicyclic) bond motifs is 1. The van der Waals surface area contributed by atoms with E-state index in [1.165, 1.54) is 28.2 Å². The van der Waals surface area contributed by atoms with Crippen molar-refractivity contribution in [2.24, 2.45) is 5.73 Å². The second-order valence-electron chi connectivity index (χ2n) is 7.50. The van der Waals surface area contributed by atoms with Gasteiger partial charge in [0.2, 0.25) is 5.91 Å². The predicted octanol–water partition coefficient (Wildman–Crippen LogP) is 3.56. The second kappa shape index (κ2) is 9.68. The summed E-state index contributed by atoms with van der Waals surface area (Å²) >= 11 is 4.33. The van der Waals surface area contributed by atoms with Crippen LogP contribution in [-0.4, -0.2) is 43.5 Å². The SMILES string of the molecule is N[C@@H]1C(=O)N2C(C(=O)OC(c3ccccc3)c3ccccc3)=C(SCc3csnn3)CS[C@@H]12. The van der Waals surface area contributed by atoms with Crippen molar-refractivity contribution in [2.45, 2.75) is 23.3 Å². The van der Waals surface area contributed by atoms with Crippen LogP contribution in [0.15, 0.2) is 76.6 Å². The third-order valence-corrected chi connectivity index (χ3v) is 8.56. The van der Waals surface area contributed by atoms with Gasteiger partial charge in [-0.25, -0.2) is 4.79 Å². The van der Waals surface area contributed by atoms with E-state index in [0.29, 0.717) is 11.5 Å². The van der Waals surface area contributed by atoms with E-state index in [1.54, 1.807) is 11.8 Å². The molecule has 2 N–H and O–H groups in total. The average molecular weight is 497 g/mol. The standard InChI is InChI=1S/C23H20N4O3S3/c24-18-21(28)27-19(17(13-32-22(18)27)31-11-16-12-33-26-25-16)23(29)30-20(14-7-3-1-4-8-14)15-9-5-2-6-10-15/h1-10,12,18,20,22H,11,13,24H2/t18-,22+/m1/s1. The van der Waals surface area contributed by atoms with Crippen molar-refractivity contribution in [1.29, 1.82) is 0 Å². The molecule has 2 aliphatic rings. The summed E-state index contributed by atoms with van der Waals surface area (Å²) in [5.41, 5.74) is 8.84. The van der Waals surface area contributed by atoms with Crippen molar-refractivity contribution < 1.29 is 14.3 Å². The maximum Gasteiger partial charge on any atom is 0.356 e. The largest absolute Gasteiger partial charge is 0.448 e. The number of carbonyl (C=O) groups is 2. The molecule has 1 fully saturated rings. The highest BCUT2D eigenvalue weighted by molar-refractivity contribution is 8.05. The Morgan fingerprint density at radius 1 is 1.15 bits per heavy atom. The van der Waals surface area contributed by atoms with E-state index < -0.39 is 18.1 Å². The zero-order valence-corrected chi connectivity index (χ0v) is 19.8. The number of hydrogen-bond acceptors (Lipinski definition) is 9. The van der Waals surface area contributed by atoms with Crippen LogP contribution in [0.1, 0.15) is 22.9 Å². The van der Waals surface area contributed by atoms with Crippen molar-refractivity contribution in [3.05, 3.63) is 93.5 Å². The normalized spacial score (nSPS) is 19.9. The molecule has 2 atom stereocenters. The second-order valence-corrected chi connectivity index (χ2v) is 10.3. The number of thioether (sulfide) groups is 2. The molecule has 2 aromatic carbocycles. The summed E-state index contributed by atoms with van der Waals surface area (Å²) < 4.78 is 9.98. The quantitative estimate of drug-likeness (QED) is 0.392. The van der Waals surface area contributed by atoms with Gasteiger partial charge in [0.25, 0.3) is 0 Å². The summed E-state index contributed by atoms with van der Waals surface area (Å²) in [6.45, 7) is 0. The zero-order valence-electron chi connectivity index (χ0n) is 17.4. The van der Waals surface area contributed by atoms with E-state index in [0.717, 1.165) is 21.7 Å². The first-order chi connectivity index (χ1) is 16.1. The van der Waals surface area contributed by atoms with Gasteiger partial charge < -0.3 is 10.5 Å². The molecule has 1 aromatic heterocycles. The van der Waals surface area contributed by atoms with Crippen LogP contribution in [0.5, 0.6) is 0 Å². The van der Waals surface area contributed by atoms with E-state index in [9.17, 15) is 9.59 Å². The minimum atomic E-state index is -0.605. The fraction of sp³-hybridized carbons (Fsp3) is 0.217. The van der Waals surface area contributed by atoms with Gasteiger partial charge in [-0.1, -0.05) is 65.2 Å². The van der Waals surface area contributed by atoms with Gasteiger partial charge in [0.15, 0.2) is 6.10 Å². The third kappa shape index (κ3) is 4.43. The van der Waals surface area contributed by atoms with Crippen molar-refractivity contribution in [1.82, 2.24) is 14.5 Å². The van der Waals surface area contributed by atoms with Gasteiger partial charge in [-0.3, -0.25) is 9.69 Å². The highest BCUT2D eigenvalue weighted by Crippen LogP contribution is 2.44. The van der Waals surface area contributed by atoms with Gasteiger partial charge in [-0.05, 0) is 22.7 Å². The van der Waals surface area contributed by atoms with Crippen LogP contribution in [0.2, 0.25) is 0 Å². The number of carbonyl (C=O) groups excluding carboxylic acids is 2. The van der Waals surface area contributed by atoms with Crippen molar-refractivity contribution in [3.63, 3.8) is 0 Å². The summed E-state index contributed by atoms with van der Waals surface area (Å²) in [4.78, 5) is 28.5. The Labute approximate surface area is 203 Å². The number of benzene rings is 2. The minimum absolute atomic E-state index is 0.253. The van der Waals surface area contributed by atoms with Crippen molar-refractivity contribution in [3.8, 4) is 0 Å². The molecule has 5 rings (SSSR count). The molecule has 7 nitrogen and oxygen atoms in total. The monoisotopic (exact) mass is 496 g/mol. The molecule has 10 heteroatoms. The van der Waals surface area contributed by atoms with Gasteiger partial charge in [-0.15, -0.1) is 28.6 Å². The van der Waals surface area contributed by atoms with Gasteiger partial charge in [0, 0.05) is 21.8 Å². The molecule has 0 unspecified atom stereocenters. The number of hydrogen-bond donors (Lipinski definition) is 1. The number of rotatable bonds is 7. The molecule has 3 heterocycles. The van der Waals surface area contributed by atoms with Crippen LogP contribution in [0.3, 0.4) is 0 Å². The minimum Gasteiger partial charge on any atom is -0.448 e. The highest BCUT2D eigenvalue weighted by Gasteiger charge is 2.52. The van der Waals surface area contributed by atoms with Crippen LogP contribution < -0.4 is 5.73 Å². The van der Waals surface area contributed by atoms with E-state index in [1.807, 2.05) is 66.0 Å². The molecular weight excluding hydrogens is 476 g/mol. The molecule has 0 bridgehead atoms. The summed E-state index contributed by atoms with van der Waals surface area (Å²) in [6.07, 6.45) is -0.598. The number of ether oxygens (including phenoxy) is 1. The topological polar surface area (TPSA) is 98.4 Å². The Hall–Kier alpha value is -2.66. The number of aromatic nitrogens is 2. The van der Waals surface area contributed by atoms with Gasteiger partial charge in [-0.2, -0.15) is 0 Å². The lowest BCUT2D eigenvalue weighted by molar-refractivity contribution is -0.152. The molecule has 0 saturated carbocycles. The van der Waals surface area contributed by atoms with E-state index in [-0.39, 0.29) is 17.0 Å². The Balaban J connectivity index is 1.47. The molecule has 0 radical (unpaired) electrons. The van der Waals surface area contributed by atoms with Gasteiger partial charge >= 0.3 is 5.97 Å². The fourth-order valence-electron chi connectivity index (χ4n) is 3.74. The maximum absolute atomic E-state index is 13.6. The molecular formula is C23H20N4O3S3. The van der Waals surface area contributed by atoms with Crippen molar-refractivity contribution >= 4 is 46.9 Å². The number of amides is 1. The first-order valence-corrected chi connectivity index (χ1v) is 13.1. The number of nitrogens with zero attached hydrogens (tertiary/aromatic N) is 3. The van der Waals surface area contributed by atoms with E-state index >= 15 is 0 Å². The Morgan fingerprint density at radius 3 is 2.42 bits per heavy atom. The fourth-order valence-corrected chi connectivity index (χ4v) is 6.76. The van der Waals surface area contributed by atoms with Crippen LogP contribution in [-0.2, 0) is 20.1 Å². The smallest absolute Gasteiger partial charge is 0.356 e. The van der Waals surface area contributed by atoms with Crippen LogP contribution in [0, 0.1) is 0 Å². The number of esters is 1. The number of nitrogens with two attached hydrogens (primary N) is 1. The lowest BCUT2D eigenvalue weighted by Crippen LogP contribution is -2.68. The lowest BCUT2D eigenvalue weighted by atomic mass is 10.0.